The summed E-state index contributed by atoms with van der Waals surface area (Å²) >= 11 is 0. The van der Waals surface area contributed by atoms with E-state index in [9.17, 15) is 18.0 Å². The first-order valence-electron chi connectivity index (χ1n) is 9.74. The van der Waals surface area contributed by atoms with Crippen molar-refractivity contribution < 1.29 is 18.0 Å². The molecule has 2 saturated heterocycles. The molecule has 1 N–H and O–H groups in total. The number of piperidine rings is 1. The third kappa shape index (κ3) is 5.09. The molecule has 0 saturated carbocycles. The molecule has 0 aliphatic carbocycles. The van der Waals surface area contributed by atoms with E-state index in [1.165, 1.54) is 4.31 Å². The molecule has 8 nitrogen and oxygen atoms in total. The van der Waals surface area contributed by atoms with E-state index in [1.54, 1.807) is 36.1 Å². The van der Waals surface area contributed by atoms with Gasteiger partial charge in [0.25, 0.3) is 0 Å². The number of rotatable bonds is 5. The Balaban J connectivity index is 1.52. The molecule has 2 heterocycles. The molecule has 2 aliphatic rings. The summed E-state index contributed by atoms with van der Waals surface area (Å²) in [5.41, 5.74) is 0.574. The Morgan fingerprint density at radius 3 is 2.11 bits per heavy atom. The smallest absolute Gasteiger partial charge is 0.243 e. The van der Waals surface area contributed by atoms with Gasteiger partial charge in [0.2, 0.25) is 21.8 Å². The lowest BCUT2D eigenvalue weighted by molar-refractivity contribution is -0.130. The van der Waals surface area contributed by atoms with Crippen molar-refractivity contribution in [3.63, 3.8) is 0 Å². The number of benzene rings is 1. The third-order valence-corrected chi connectivity index (χ3v) is 7.19. The highest BCUT2D eigenvalue weighted by atomic mass is 32.2. The fraction of sp³-hybridized carbons (Fsp3) is 0.579. The summed E-state index contributed by atoms with van der Waals surface area (Å²) in [6.07, 6.45) is 2.86. The van der Waals surface area contributed by atoms with E-state index < -0.39 is 10.0 Å². The number of sulfonamides is 1. The summed E-state index contributed by atoms with van der Waals surface area (Å²) in [5, 5.41) is 2.81. The van der Waals surface area contributed by atoms with Crippen molar-refractivity contribution in [2.75, 3.05) is 51.1 Å². The average molecular weight is 409 g/mol. The molecule has 0 radical (unpaired) electrons. The number of hydrogen-bond donors (Lipinski definition) is 1. The van der Waals surface area contributed by atoms with Gasteiger partial charge >= 0.3 is 0 Å². The molecule has 3 rings (SSSR count). The molecule has 0 aromatic heterocycles. The van der Waals surface area contributed by atoms with Crippen LogP contribution in [0.4, 0.5) is 5.69 Å². The van der Waals surface area contributed by atoms with Gasteiger partial charge in [0.05, 0.1) is 11.4 Å². The quantitative estimate of drug-likeness (QED) is 0.784. The molecule has 28 heavy (non-hydrogen) atoms. The predicted octanol–water partition coefficient (Wildman–Crippen LogP) is 0.964. The van der Waals surface area contributed by atoms with E-state index in [0.29, 0.717) is 45.0 Å². The van der Waals surface area contributed by atoms with E-state index in [4.69, 9.17) is 0 Å². The van der Waals surface area contributed by atoms with Crippen LogP contribution in [0.3, 0.4) is 0 Å². The zero-order chi connectivity index (χ0) is 20.1. The van der Waals surface area contributed by atoms with Gasteiger partial charge in [-0.3, -0.25) is 14.5 Å². The Hall–Kier alpha value is -1.97. The van der Waals surface area contributed by atoms with E-state index in [1.807, 2.05) is 4.90 Å². The minimum absolute atomic E-state index is 0.0590. The number of nitrogens with one attached hydrogen (secondary N) is 1. The average Bonchev–Trinajstić information content (AvgIpc) is 2.69. The van der Waals surface area contributed by atoms with Crippen molar-refractivity contribution >= 4 is 27.5 Å². The second kappa shape index (κ2) is 9.02. The highest BCUT2D eigenvalue weighted by Crippen LogP contribution is 2.22. The minimum Gasteiger partial charge on any atom is -0.340 e. The fourth-order valence-corrected chi connectivity index (χ4v) is 5.11. The zero-order valence-corrected chi connectivity index (χ0v) is 17.1. The van der Waals surface area contributed by atoms with Crippen molar-refractivity contribution in [1.29, 1.82) is 0 Å². The summed E-state index contributed by atoms with van der Waals surface area (Å²) in [5.74, 6) is -0.0911. The molecular formula is C19H28N4O4S. The normalized spacial score (nSPS) is 19.4. The lowest BCUT2D eigenvalue weighted by Gasteiger charge is -2.33. The summed E-state index contributed by atoms with van der Waals surface area (Å²) in [6, 6.07) is 6.35. The second-order valence-electron chi connectivity index (χ2n) is 7.32. The largest absolute Gasteiger partial charge is 0.340 e. The molecule has 0 unspecified atom stereocenters. The predicted molar refractivity (Wildman–Crippen MR) is 106 cm³/mol. The number of piperazine rings is 1. The van der Waals surface area contributed by atoms with E-state index in [2.05, 4.69) is 5.32 Å². The zero-order valence-electron chi connectivity index (χ0n) is 16.3. The van der Waals surface area contributed by atoms with Crippen LogP contribution < -0.4 is 5.32 Å². The minimum atomic E-state index is -3.46. The van der Waals surface area contributed by atoms with Crippen molar-refractivity contribution in [3.05, 3.63) is 24.3 Å². The number of carbonyl (C=O) groups is 2. The SMILES string of the molecule is CC(=O)N1CCN(CC(=O)Nc2ccc(S(=O)(=O)N3CCCCC3)cc2)CC1. The second-order valence-corrected chi connectivity index (χ2v) is 9.26. The number of nitrogens with zero attached hydrogens (tertiary/aromatic N) is 3. The van der Waals surface area contributed by atoms with Crippen molar-refractivity contribution in [1.82, 2.24) is 14.1 Å². The third-order valence-electron chi connectivity index (χ3n) is 5.28. The molecular weight excluding hydrogens is 380 g/mol. The van der Waals surface area contributed by atoms with E-state index in [0.717, 1.165) is 19.3 Å². The van der Waals surface area contributed by atoms with Crippen LogP contribution in [-0.2, 0) is 19.6 Å². The number of hydrogen-bond acceptors (Lipinski definition) is 5. The first-order chi connectivity index (χ1) is 13.4. The molecule has 1 aromatic rings. The van der Waals surface area contributed by atoms with Crippen LogP contribution in [0.5, 0.6) is 0 Å². The van der Waals surface area contributed by atoms with Crippen molar-refractivity contribution in [2.45, 2.75) is 31.1 Å². The summed E-state index contributed by atoms with van der Waals surface area (Å²) in [6.45, 7) is 5.53. The topological polar surface area (TPSA) is 90.0 Å². The standard InChI is InChI=1S/C19H28N4O4S/c1-16(24)22-13-11-21(12-14-22)15-19(25)20-17-5-7-18(8-6-17)28(26,27)23-9-3-2-4-10-23/h5-8H,2-4,9-15H2,1H3,(H,20,25). The molecule has 2 fully saturated rings. The molecule has 2 amide bonds. The van der Waals surface area contributed by atoms with Crippen LogP contribution >= 0.6 is 0 Å². The van der Waals surface area contributed by atoms with Crippen molar-refractivity contribution in [3.8, 4) is 0 Å². The molecule has 9 heteroatoms. The Kier molecular flexibility index (Phi) is 6.69. The Labute approximate surface area is 166 Å². The monoisotopic (exact) mass is 408 g/mol. The maximum Gasteiger partial charge on any atom is 0.243 e. The Morgan fingerprint density at radius 2 is 1.54 bits per heavy atom. The van der Waals surface area contributed by atoms with Crippen LogP contribution in [-0.4, -0.2) is 80.2 Å². The first-order valence-corrected chi connectivity index (χ1v) is 11.2. The van der Waals surface area contributed by atoms with Gasteiger partial charge in [0.15, 0.2) is 0 Å². The molecule has 0 spiro atoms. The van der Waals surface area contributed by atoms with Crippen LogP contribution in [0.15, 0.2) is 29.2 Å². The van der Waals surface area contributed by atoms with Crippen molar-refractivity contribution in [2.24, 2.45) is 0 Å². The highest BCUT2D eigenvalue weighted by molar-refractivity contribution is 7.89. The number of carbonyl (C=O) groups excluding carboxylic acids is 2. The Bertz CT molecular complexity index is 796. The van der Waals surface area contributed by atoms with Gasteiger partial charge in [-0.25, -0.2) is 8.42 Å². The fourth-order valence-electron chi connectivity index (χ4n) is 3.59. The summed E-state index contributed by atoms with van der Waals surface area (Å²) in [7, 11) is -3.46. The molecule has 0 bridgehead atoms. The van der Waals surface area contributed by atoms with Gasteiger partial charge in [-0.05, 0) is 37.1 Å². The number of anilines is 1. The van der Waals surface area contributed by atoms with Crippen LogP contribution in [0, 0.1) is 0 Å². The molecule has 1 aromatic carbocycles. The van der Waals surface area contributed by atoms with Gasteiger partial charge in [-0.2, -0.15) is 4.31 Å². The summed E-state index contributed by atoms with van der Waals surface area (Å²) < 4.78 is 26.9. The molecule has 0 atom stereocenters. The van der Waals surface area contributed by atoms with Gasteiger partial charge in [-0.1, -0.05) is 6.42 Å². The maximum atomic E-state index is 12.7. The van der Waals surface area contributed by atoms with Crippen LogP contribution in [0.2, 0.25) is 0 Å². The highest BCUT2D eigenvalue weighted by Gasteiger charge is 2.26. The van der Waals surface area contributed by atoms with Gasteiger partial charge in [0, 0.05) is 51.9 Å². The molecule has 2 aliphatic heterocycles. The lowest BCUT2D eigenvalue weighted by atomic mass is 10.2. The van der Waals surface area contributed by atoms with Crippen LogP contribution in [0.25, 0.3) is 0 Å². The van der Waals surface area contributed by atoms with Gasteiger partial charge in [0.1, 0.15) is 0 Å². The van der Waals surface area contributed by atoms with E-state index in [-0.39, 0.29) is 23.3 Å². The van der Waals surface area contributed by atoms with Gasteiger partial charge in [-0.15, -0.1) is 0 Å². The number of amides is 2. The van der Waals surface area contributed by atoms with E-state index >= 15 is 0 Å². The lowest BCUT2D eigenvalue weighted by Crippen LogP contribution is -2.49. The summed E-state index contributed by atoms with van der Waals surface area (Å²) in [4.78, 5) is 27.7. The van der Waals surface area contributed by atoms with Crippen LogP contribution in [0.1, 0.15) is 26.2 Å². The maximum absolute atomic E-state index is 12.7. The Morgan fingerprint density at radius 1 is 0.929 bits per heavy atom. The molecule has 154 valence electrons. The first kappa shape index (κ1) is 20.8. The van der Waals surface area contributed by atoms with Gasteiger partial charge < -0.3 is 10.2 Å².